The highest BCUT2D eigenvalue weighted by molar-refractivity contribution is 7.12. The number of rotatable bonds is 11. The Morgan fingerprint density at radius 1 is 1.07 bits per heavy atom. The highest BCUT2D eigenvalue weighted by Crippen LogP contribution is 2.37. The minimum atomic E-state index is -4.53. The van der Waals surface area contributed by atoms with E-state index >= 15 is 0 Å². The number of ketones is 1. The van der Waals surface area contributed by atoms with E-state index in [0.29, 0.717) is 48.7 Å². The van der Waals surface area contributed by atoms with Crippen molar-refractivity contribution in [3.63, 3.8) is 0 Å². The van der Waals surface area contributed by atoms with Crippen LogP contribution < -0.4 is 4.90 Å². The molecule has 242 valence electrons. The fraction of sp³-hybridized carbons (Fsp3) is 0.548. The molecule has 0 aliphatic carbocycles. The lowest BCUT2D eigenvalue weighted by Gasteiger charge is -2.35. The van der Waals surface area contributed by atoms with Crippen molar-refractivity contribution < 1.29 is 27.5 Å². The molecule has 3 aromatic heterocycles. The molecule has 2 aliphatic rings. The predicted octanol–water partition coefficient (Wildman–Crippen LogP) is 4.81. The van der Waals surface area contributed by atoms with E-state index in [0.717, 1.165) is 56.5 Å². The molecule has 5 rings (SSSR count). The number of alkyl halides is 3. The predicted molar refractivity (Wildman–Crippen MR) is 164 cm³/mol. The summed E-state index contributed by atoms with van der Waals surface area (Å²) in [6.45, 7) is 10.7. The van der Waals surface area contributed by atoms with E-state index in [1.54, 1.807) is 13.1 Å². The van der Waals surface area contributed by atoms with Gasteiger partial charge >= 0.3 is 12.1 Å². The topological polar surface area (TPSA) is 105 Å². The van der Waals surface area contributed by atoms with Gasteiger partial charge in [-0.1, -0.05) is 0 Å². The van der Waals surface area contributed by atoms with Crippen molar-refractivity contribution in [1.82, 2.24) is 29.7 Å². The summed E-state index contributed by atoms with van der Waals surface area (Å²) < 4.78 is 46.1. The average Bonchev–Trinajstić information content (AvgIpc) is 3.61. The Hall–Kier alpha value is -3.49. The van der Waals surface area contributed by atoms with E-state index in [1.807, 2.05) is 0 Å². The molecule has 0 amide bonds. The second kappa shape index (κ2) is 14.3. The molecule has 45 heavy (non-hydrogen) atoms. The summed E-state index contributed by atoms with van der Waals surface area (Å²) in [4.78, 5) is 49.8. The van der Waals surface area contributed by atoms with E-state index in [4.69, 9.17) is 4.74 Å². The van der Waals surface area contributed by atoms with Crippen LogP contribution in [0.1, 0.15) is 64.7 Å². The molecule has 10 nitrogen and oxygen atoms in total. The van der Waals surface area contributed by atoms with Crippen LogP contribution in [0.3, 0.4) is 0 Å². The zero-order valence-electron chi connectivity index (χ0n) is 25.8. The van der Waals surface area contributed by atoms with E-state index in [-0.39, 0.29) is 35.1 Å². The zero-order chi connectivity index (χ0) is 32.1. The Kier molecular flexibility index (Phi) is 10.4. The number of likely N-dealkylation sites (tertiary alicyclic amines) is 1. The number of esters is 1. The van der Waals surface area contributed by atoms with Gasteiger partial charge in [0.25, 0.3) is 0 Å². The summed E-state index contributed by atoms with van der Waals surface area (Å²) in [5.74, 6) is 0.208. The third kappa shape index (κ3) is 8.22. The third-order valence-electron chi connectivity index (χ3n) is 8.31. The summed E-state index contributed by atoms with van der Waals surface area (Å²) in [5.41, 5.74) is 0.0382. The number of anilines is 1. The van der Waals surface area contributed by atoms with Gasteiger partial charge in [-0.3, -0.25) is 24.4 Å². The van der Waals surface area contributed by atoms with Gasteiger partial charge in [-0.25, -0.2) is 15.0 Å². The smallest absolute Gasteiger partial charge is 0.418 e. The largest absolute Gasteiger partial charge is 0.466 e. The van der Waals surface area contributed by atoms with Gasteiger partial charge in [-0.05, 0) is 46.2 Å². The standard InChI is InChI=1S/C31H38F3N7O3S/c1-4-44-29(43)7-9-39-10-12-40(13-11-39)27-18-36-24(17-37-27)25(42)15-28-38-30(26(45-28)19-41-8-5-6-20(41)2)22-14-23(31(32,33)34)21(3)35-16-22/h14,16-18,20H,4-13,15,19H2,1-3H3/t20-/m1/s1. The van der Waals surface area contributed by atoms with Gasteiger partial charge in [0.1, 0.15) is 16.5 Å². The number of piperazine rings is 1. The molecular formula is C31H38F3N7O3S. The molecule has 0 saturated carbocycles. The Balaban J connectivity index is 1.27. The van der Waals surface area contributed by atoms with E-state index in [9.17, 15) is 22.8 Å². The molecule has 0 spiro atoms. The molecule has 2 saturated heterocycles. The lowest BCUT2D eigenvalue weighted by molar-refractivity contribution is -0.143. The van der Waals surface area contributed by atoms with Crippen LogP contribution in [0.15, 0.2) is 24.7 Å². The highest BCUT2D eigenvalue weighted by atomic mass is 32.1. The number of pyridine rings is 1. The summed E-state index contributed by atoms with van der Waals surface area (Å²) in [6.07, 6.45) is 2.39. The zero-order valence-corrected chi connectivity index (χ0v) is 26.6. The Morgan fingerprint density at radius 2 is 1.84 bits per heavy atom. The fourth-order valence-electron chi connectivity index (χ4n) is 5.71. The van der Waals surface area contributed by atoms with Crippen molar-refractivity contribution in [2.24, 2.45) is 0 Å². The third-order valence-corrected chi connectivity index (χ3v) is 9.35. The molecule has 2 fully saturated rings. The van der Waals surface area contributed by atoms with Crippen LogP contribution in [0.5, 0.6) is 0 Å². The summed E-state index contributed by atoms with van der Waals surface area (Å²) in [5, 5.41) is 0.510. The Labute approximate surface area is 264 Å². The molecule has 0 radical (unpaired) electrons. The number of ether oxygens (including phenoxy) is 1. The Morgan fingerprint density at radius 3 is 2.49 bits per heavy atom. The van der Waals surface area contributed by atoms with E-state index in [1.165, 1.54) is 30.7 Å². The van der Waals surface area contributed by atoms with Crippen LogP contribution in [0.4, 0.5) is 19.0 Å². The second-order valence-corrected chi connectivity index (χ2v) is 12.6. The summed E-state index contributed by atoms with van der Waals surface area (Å²) in [7, 11) is 0. The molecule has 2 aliphatic heterocycles. The van der Waals surface area contributed by atoms with Crippen molar-refractivity contribution in [2.75, 3.05) is 50.8 Å². The maximum Gasteiger partial charge on any atom is 0.418 e. The van der Waals surface area contributed by atoms with Crippen molar-refractivity contribution in [3.8, 4) is 11.3 Å². The number of thiazole rings is 1. The van der Waals surface area contributed by atoms with Gasteiger partial charge in [0.05, 0.1) is 43.1 Å². The van der Waals surface area contributed by atoms with Crippen LogP contribution in [0, 0.1) is 6.92 Å². The normalized spacial score (nSPS) is 18.0. The van der Waals surface area contributed by atoms with Crippen LogP contribution in [-0.2, 0) is 28.7 Å². The molecule has 0 bridgehead atoms. The van der Waals surface area contributed by atoms with Crippen LogP contribution in [0.2, 0.25) is 0 Å². The van der Waals surface area contributed by atoms with Crippen molar-refractivity contribution in [3.05, 3.63) is 51.5 Å². The number of halogens is 3. The number of hydrogen-bond donors (Lipinski definition) is 0. The number of Topliss-reactive ketones (excluding diaryl/α,β-unsaturated/α-hetero) is 1. The molecule has 5 heterocycles. The van der Waals surface area contributed by atoms with Crippen LogP contribution in [-0.4, -0.2) is 93.4 Å². The number of nitrogens with zero attached hydrogens (tertiary/aromatic N) is 7. The number of aryl methyl sites for hydroxylation is 1. The fourth-order valence-corrected chi connectivity index (χ4v) is 6.83. The van der Waals surface area contributed by atoms with E-state index < -0.39 is 11.7 Å². The molecule has 14 heteroatoms. The van der Waals surface area contributed by atoms with Crippen LogP contribution >= 0.6 is 11.3 Å². The van der Waals surface area contributed by atoms with E-state index in [2.05, 4.69) is 41.6 Å². The van der Waals surface area contributed by atoms with Gasteiger partial charge in [0, 0.05) is 67.6 Å². The first-order valence-corrected chi connectivity index (χ1v) is 16.1. The first-order chi connectivity index (χ1) is 21.5. The highest BCUT2D eigenvalue weighted by Gasteiger charge is 2.34. The minimum absolute atomic E-state index is 0.0359. The molecule has 1 atom stereocenters. The minimum Gasteiger partial charge on any atom is -0.466 e. The monoisotopic (exact) mass is 645 g/mol. The lowest BCUT2D eigenvalue weighted by atomic mass is 10.1. The van der Waals surface area contributed by atoms with Gasteiger partial charge in [0.2, 0.25) is 0 Å². The van der Waals surface area contributed by atoms with Gasteiger partial charge in [-0.15, -0.1) is 11.3 Å². The van der Waals surface area contributed by atoms with Crippen molar-refractivity contribution in [2.45, 2.75) is 65.2 Å². The molecule has 0 unspecified atom stereocenters. The van der Waals surface area contributed by atoms with Gasteiger partial charge in [-0.2, -0.15) is 13.2 Å². The Bertz CT molecular complexity index is 1490. The molecule has 0 aromatic carbocycles. The second-order valence-electron chi connectivity index (χ2n) is 11.4. The molecular weight excluding hydrogens is 607 g/mol. The maximum atomic E-state index is 13.7. The van der Waals surface area contributed by atoms with Crippen molar-refractivity contribution in [1.29, 1.82) is 0 Å². The number of carbonyl (C=O) groups excluding carboxylic acids is 2. The molecule has 3 aromatic rings. The number of aromatic nitrogens is 4. The summed E-state index contributed by atoms with van der Waals surface area (Å²) in [6, 6.07) is 1.46. The number of hydrogen-bond acceptors (Lipinski definition) is 11. The van der Waals surface area contributed by atoms with Gasteiger partial charge in [0.15, 0.2) is 5.78 Å². The number of carbonyl (C=O) groups is 2. The first kappa shape index (κ1) is 32.9. The quantitative estimate of drug-likeness (QED) is 0.213. The van der Waals surface area contributed by atoms with Gasteiger partial charge < -0.3 is 9.64 Å². The average molecular weight is 646 g/mol. The van der Waals surface area contributed by atoms with Crippen LogP contribution in [0.25, 0.3) is 11.3 Å². The molecule has 0 N–H and O–H groups in total. The summed E-state index contributed by atoms with van der Waals surface area (Å²) >= 11 is 1.35. The lowest BCUT2D eigenvalue weighted by Crippen LogP contribution is -2.47. The SMILES string of the molecule is CCOC(=O)CCN1CCN(c2cnc(C(=O)Cc3nc(-c4cnc(C)c(C(F)(F)F)c4)c(CN4CCC[C@H]4C)s3)cn2)CC1. The first-order valence-electron chi connectivity index (χ1n) is 15.3. The maximum absolute atomic E-state index is 13.7. The van der Waals surface area contributed by atoms with Crippen molar-refractivity contribution >= 4 is 28.9 Å².